The summed E-state index contributed by atoms with van der Waals surface area (Å²) in [6.07, 6.45) is 3.01. The Bertz CT molecular complexity index is 208. The Hall–Kier alpha value is -0.610. The molecular weight excluding hydrogens is 204 g/mol. The molecule has 1 aliphatic rings. The Morgan fingerprint density at radius 2 is 2.25 bits per heavy atom. The molecule has 0 radical (unpaired) electrons. The van der Waals surface area contributed by atoms with Crippen molar-refractivity contribution < 1.29 is 9.90 Å². The fourth-order valence-corrected chi connectivity index (χ4v) is 2.24. The third kappa shape index (κ3) is 3.76. The van der Waals surface area contributed by atoms with Crippen molar-refractivity contribution in [3.8, 4) is 0 Å². The summed E-state index contributed by atoms with van der Waals surface area (Å²) in [5.41, 5.74) is 0. The third-order valence-corrected chi connectivity index (χ3v) is 3.14. The van der Waals surface area contributed by atoms with Gasteiger partial charge >= 0.3 is 0 Å². The monoisotopic (exact) mass is 228 g/mol. The molecule has 2 unspecified atom stereocenters. The molecule has 1 fully saturated rings. The number of aliphatic hydroxyl groups is 1. The first-order valence-electron chi connectivity index (χ1n) is 6.32. The van der Waals surface area contributed by atoms with E-state index in [1.54, 1.807) is 4.90 Å². The average molecular weight is 228 g/mol. The first kappa shape index (κ1) is 13.5. The zero-order valence-corrected chi connectivity index (χ0v) is 10.4. The van der Waals surface area contributed by atoms with E-state index in [-0.39, 0.29) is 18.6 Å². The number of amides is 1. The molecule has 0 aliphatic carbocycles. The first-order valence-corrected chi connectivity index (χ1v) is 6.32. The maximum Gasteiger partial charge on any atom is 0.239 e. The van der Waals surface area contributed by atoms with Gasteiger partial charge in [0.05, 0.1) is 12.6 Å². The van der Waals surface area contributed by atoms with E-state index in [1.165, 1.54) is 0 Å². The van der Waals surface area contributed by atoms with Gasteiger partial charge in [0, 0.05) is 13.1 Å². The quantitative estimate of drug-likeness (QED) is 0.725. The van der Waals surface area contributed by atoms with Crippen LogP contribution in [0.5, 0.6) is 0 Å². The van der Waals surface area contributed by atoms with E-state index in [0.717, 1.165) is 32.4 Å². The van der Waals surface area contributed by atoms with Gasteiger partial charge in [-0.25, -0.2) is 0 Å². The molecule has 0 spiro atoms. The van der Waals surface area contributed by atoms with Gasteiger partial charge in [0.1, 0.15) is 0 Å². The Kier molecular flexibility index (Phi) is 5.77. The van der Waals surface area contributed by atoms with E-state index in [4.69, 9.17) is 5.11 Å². The van der Waals surface area contributed by atoms with Gasteiger partial charge in [-0.2, -0.15) is 0 Å². The maximum atomic E-state index is 12.2. The second-order valence-electron chi connectivity index (χ2n) is 4.69. The zero-order valence-electron chi connectivity index (χ0n) is 10.4. The van der Waals surface area contributed by atoms with Crippen LogP contribution in [-0.4, -0.2) is 48.2 Å². The standard InChI is InChI=1S/C12H24N2O2/c1-3-6-14(7-8-15)12(16)11-9-10(2)4-5-13-11/h10-11,13,15H,3-9H2,1-2H3. The van der Waals surface area contributed by atoms with Crippen molar-refractivity contribution in [3.05, 3.63) is 0 Å². The molecule has 0 bridgehead atoms. The minimum atomic E-state index is -0.0400. The molecule has 0 aromatic rings. The first-order chi connectivity index (χ1) is 7.69. The van der Waals surface area contributed by atoms with Crippen LogP contribution in [0.15, 0.2) is 0 Å². The van der Waals surface area contributed by atoms with Crippen molar-refractivity contribution in [3.63, 3.8) is 0 Å². The summed E-state index contributed by atoms with van der Waals surface area (Å²) in [5.74, 6) is 0.773. The summed E-state index contributed by atoms with van der Waals surface area (Å²) >= 11 is 0. The minimum Gasteiger partial charge on any atom is -0.395 e. The third-order valence-electron chi connectivity index (χ3n) is 3.14. The summed E-state index contributed by atoms with van der Waals surface area (Å²) in [6, 6.07) is -0.0400. The lowest BCUT2D eigenvalue weighted by molar-refractivity contribution is -0.135. The van der Waals surface area contributed by atoms with E-state index in [9.17, 15) is 4.79 Å². The number of piperidine rings is 1. The van der Waals surface area contributed by atoms with Crippen LogP contribution >= 0.6 is 0 Å². The Morgan fingerprint density at radius 1 is 1.50 bits per heavy atom. The lowest BCUT2D eigenvalue weighted by atomic mass is 9.93. The molecule has 1 amide bonds. The van der Waals surface area contributed by atoms with Gasteiger partial charge in [-0.15, -0.1) is 0 Å². The van der Waals surface area contributed by atoms with E-state index < -0.39 is 0 Å². The van der Waals surface area contributed by atoms with Crippen molar-refractivity contribution in [1.29, 1.82) is 0 Å². The van der Waals surface area contributed by atoms with Gasteiger partial charge in [-0.1, -0.05) is 13.8 Å². The van der Waals surface area contributed by atoms with Crippen LogP contribution in [0.25, 0.3) is 0 Å². The van der Waals surface area contributed by atoms with Crippen LogP contribution in [0.2, 0.25) is 0 Å². The molecule has 2 N–H and O–H groups in total. The molecule has 1 saturated heterocycles. The largest absolute Gasteiger partial charge is 0.395 e. The number of aliphatic hydroxyl groups excluding tert-OH is 1. The molecule has 1 heterocycles. The van der Waals surface area contributed by atoms with Crippen LogP contribution in [0.3, 0.4) is 0 Å². The van der Waals surface area contributed by atoms with E-state index >= 15 is 0 Å². The summed E-state index contributed by atoms with van der Waals surface area (Å²) in [4.78, 5) is 13.9. The number of hydrogen-bond acceptors (Lipinski definition) is 3. The highest BCUT2D eigenvalue weighted by molar-refractivity contribution is 5.82. The molecule has 1 aliphatic heterocycles. The molecule has 4 nitrogen and oxygen atoms in total. The number of carbonyl (C=O) groups excluding carboxylic acids is 1. The van der Waals surface area contributed by atoms with Crippen molar-refractivity contribution in [2.75, 3.05) is 26.2 Å². The molecule has 2 atom stereocenters. The van der Waals surface area contributed by atoms with Gasteiger partial charge in [0.25, 0.3) is 0 Å². The summed E-state index contributed by atoms with van der Waals surface area (Å²) < 4.78 is 0. The summed E-state index contributed by atoms with van der Waals surface area (Å²) in [5, 5.41) is 12.2. The van der Waals surface area contributed by atoms with Crippen molar-refractivity contribution in [2.45, 2.75) is 39.2 Å². The van der Waals surface area contributed by atoms with Crippen LogP contribution in [0.1, 0.15) is 33.1 Å². The number of carbonyl (C=O) groups is 1. The lowest BCUT2D eigenvalue weighted by Gasteiger charge is -2.32. The highest BCUT2D eigenvalue weighted by atomic mass is 16.3. The predicted octanol–water partition coefficient (Wildman–Crippen LogP) is 0.605. The molecule has 1 rings (SSSR count). The van der Waals surface area contributed by atoms with Gasteiger partial charge < -0.3 is 15.3 Å². The molecular formula is C12H24N2O2. The fourth-order valence-electron chi connectivity index (χ4n) is 2.24. The highest BCUT2D eigenvalue weighted by Gasteiger charge is 2.27. The van der Waals surface area contributed by atoms with Crippen LogP contribution in [-0.2, 0) is 4.79 Å². The van der Waals surface area contributed by atoms with Gasteiger partial charge in [-0.3, -0.25) is 4.79 Å². The second-order valence-corrected chi connectivity index (χ2v) is 4.69. The van der Waals surface area contributed by atoms with E-state index in [1.807, 2.05) is 0 Å². The summed E-state index contributed by atoms with van der Waals surface area (Å²) in [7, 11) is 0. The molecule has 16 heavy (non-hydrogen) atoms. The van der Waals surface area contributed by atoms with Gasteiger partial charge in [0.2, 0.25) is 5.91 Å². The highest BCUT2D eigenvalue weighted by Crippen LogP contribution is 2.16. The Morgan fingerprint density at radius 3 is 2.81 bits per heavy atom. The smallest absolute Gasteiger partial charge is 0.239 e. The topological polar surface area (TPSA) is 52.6 Å². The van der Waals surface area contributed by atoms with Crippen molar-refractivity contribution in [2.24, 2.45) is 5.92 Å². The van der Waals surface area contributed by atoms with Crippen molar-refractivity contribution in [1.82, 2.24) is 10.2 Å². The Balaban J connectivity index is 2.51. The van der Waals surface area contributed by atoms with Gasteiger partial charge in [0.15, 0.2) is 0 Å². The number of rotatable bonds is 5. The number of hydrogen-bond donors (Lipinski definition) is 2. The van der Waals surface area contributed by atoms with E-state index in [0.29, 0.717) is 12.5 Å². The molecule has 94 valence electrons. The summed E-state index contributed by atoms with van der Waals surface area (Å²) in [6.45, 7) is 6.42. The average Bonchev–Trinajstić information content (AvgIpc) is 2.28. The fraction of sp³-hybridized carbons (Fsp3) is 0.917. The molecule has 0 saturated carbocycles. The zero-order chi connectivity index (χ0) is 12.0. The molecule has 4 heteroatoms. The van der Waals surface area contributed by atoms with Crippen LogP contribution in [0, 0.1) is 5.92 Å². The SMILES string of the molecule is CCCN(CCO)C(=O)C1CC(C)CCN1. The van der Waals surface area contributed by atoms with E-state index in [2.05, 4.69) is 19.2 Å². The minimum absolute atomic E-state index is 0.0400. The maximum absolute atomic E-state index is 12.2. The number of nitrogens with zero attached hydrogens (tertiary/aromatic N) is 1. The lowest BCUT2D eigenvalue weighted by Crippen LogP contribution is -2.50. The predicted molar refractivity (Wildman–Crippen MR) is 64.1 cm³/mol. The second kappa shape index (κ2) is 6.86. The van der Waals surface area contributed by atoms with Gasteiger partial charge in [-0.05, 0) is 31.7 Å². The van der Waals surface area contributed by atoms with Crippen molar-refractivity contribution >= 4 is 5.91 Å². The normalized spacial score (nSPS) is 25.4. The molecule has 0 aromatic heterocycles. The number of nitrogens with one attached hydrogen (secondary N) is 1. The Labute approximate surface area is 98.0 Å². The van der Waals surface area contributed by atoms with Crippen LogP contribution < -0.4 is 5.32 Å². The van der Waals surface area contributed by atoms with Crippen LogP contribution in [0.4, 0.5) is 0 Å². The molecule has 0 aromatic carbocycles.